The van der Waals surface area contributed by atoms with Crippen LogP contribution < -0.4 is 5.32 Å². The summed E-state index contributed by atoms with van der Waals surface area (Å²) in [5.41, 5.74) is 0.944. The number of aryl methyl sites for hydroxylation is 1. The summed E-state index contributed by atoms with van der Waals surface area (Å²) in [5.74, 6) is -1.10. The van der Waals surface area contributed by atoms with Crippen LogP contribution in [0.15, 0.2) is 12.4 Å². The van der Waals surface area contributed by atoms with Crippen molar-refractivity contribution in [1.29, 1.82) is 0 Å². The van der Waals surface area contributed by atoms with E-state index in [0.717, 1.165) is 18.4 Å². The fraction of sp³-hybridized carbons (Fsp3) is 0.667. The first-order valence-electron chi connectivity index (χ1n) is 7.69. The number of rotatable bonds is 7. The lowest BCUT2D eigenvalue weighted by Gasteiger charge is -2.27. The van der Waals surface area contributed by atoms with E-state index in [-0.39, 0.29) is 18.0 Å². The van der Waals surface area contributed by atoms with Gasteiger partial charge in [0.1, 0.15) is 6.04 Å². The molecule has 0 unspecified atom stereocenters. The Morgan fingerprint density at radius 2 is 2.23 bits per heavy atom. The number of nitrogens with zero attached hydrogens (tertiary/aromatic N) is 3. The van der Waals surface area contributed by atoms with Gasteiger partial charge >= 0.3 is 12.0 Å². The fourth-order valence-electron chi connectivity index (χ4n) is 2.40. The third-order valence-electron chi connectivity index (χ3n) is 4.12. The molecule has 7 heteroatoms. The van der Waals surface area contributed by atoms with Crippen molar-refractivity contribution in [2.45, 2.75) is 51.7 Å². The molecule has 1 aliphatic rings. The van der Waals surface area contributed by atoms with Gasteiger partial charge < -0.3 is 15.3 Å². The minimum atomic E-state index is -0.986. The van der Waals surface area contributed by atoms with Gasteiger partial charge in [-0.15, -0.1) is 0 Å². The Balaban J connectivity index is 2.04. The maximum atomic E-state index is 12.5. The van der Waals surface area contributed by atoms with Crippen molar-refractivity contribution in [2.75, 3.05) is 0 Å². The summed E-state index contributed by atoms with van der Waals surface area (Å²) >= 11 is 0. The number of aromatic nitrogens is 2. The van der Waals surface area contributed by atoms with Gasteiger partial charge in [0.2, 0.25) is 0 Å². The van der Waals surface area contributed by atoms with Crippen LogP contribution in [-0.2, 0) is 18.4 Å². The molecular weight excluding hydrogens is 284 g/mol. The van der Waals surface area contributed by atoms with Gasteiger partial charge in [-0.1, -0.05) is 20.3 Å². The Hall–Kier alpha value is -2.05. The van der Waals surface area contributed by atoms with Crippen LogP contribution in [0.4, 0.5) is 4.79 Å². The van der Waals surface area contributed by atoms with E-state index in [2.05, 4.69) is 10.4 Å². The Morgan fingerprint density at radius 3 is 2.68 bits per heavy atom. The second-order valence-corrected chi connectivity index (χ2v) is 6.03. The molecule has 1 heterocycles. The maximum Gasteiger partial charge on any atom is 0.326 e. The lowest BCUT2D eigenvalue weighted by molar-refractivity contribution is -0.140. The molecule has 0 radical (unpaired) electrons. The summed E-state index contributed by atoms with van der Waals surface area (Å²) in [4.78, 5) is 25.6. The normalized spacial score (nSPS) is 16.9. The lowest BCUT2D eigenvalue weighted by atomic mass is 9.99. The first-order valence-corrected chi connectivity index (χ1v) is 7.69. The Morgan fingerprint density at radius 1 is 1.55 bits per heavy atom. The number of hydrogen-bond acceptors (Lipinski definition) is 3. The molecule has 2 N–H and O–H groups in total. The average molecular weight is 308 g/mol. The predicted molar refractivity (Wildman–Crippen MR) is 81.2 cm³/mol. The van der Waals surface area contributed by atoms with Gasteiger partial charge in [0.25, 0.3) is 0 Å². The third kappa shape index (κ3) is 3.99. The van der Waals surface area contributed by atoms with Crippen LogP contribution in [0.1, 0.15) is 38.7 Å². The summed E-state index contributed by atoms with van der Waals surface area (Å²) in [6, 6.07) is -0.960. The van der Waals surface area contributed by atoms with E-state index in [1.807, 2.05) is 27.1 Å². The summed E-state index contributed by atoms with van der Waals surface area (Å²) in [5, 5.41) is 16.1. The number of carboxylic acids is 1. The van der Waals surface area contributed by atoms with Gasteiger partial charge in [-0.3, -0.25) is 4.68 Å². The molecule has 1 aromatic heterocycles. The van der Waals surface area contributed by atoms with Crippen LogP contribution in [0.3, 0.4) is 0 Å². The summed E-state index contributed by atoms with van der Waals surface area (Å²) in [7, 11) is 1.83. The van der Waals surface area contributed by atoms with Gasteiger partial charge in [-0.2, -0.15) is 5.10 Å². The van der Waals surface area contributed by atoms with Crippen molar-refractivity contribution in [2.24, 2.45) is 13.0 Å². The van der Waals surface area contributed by atoms with Crippen molar-refractivity contribution >= 4 is 12.0 Å². The SMILES string of the molecule is CC[C@H](C)[C@H](NC(=O)N(Cc1cnn(C)c1)C1CC1)C(=O)O. The van der Waals surface area contributed by atoms with Gasteiger partial charge in [-0.25, -0.2) is 9.59 Å². The number of carbonyl (C=O) groups excluding carboxylic acids is 1. The van der Waals surface area contributed by atoms with Crippen LogP contribution in [0.5, 0.6) is 0 Å². The molecule has 0 aromatic carbocycles. The second kappa shape index (κ2) is 6.81. The summed E-state index contributed by atoms with van der Waals surface area (Å²) < 4.78 is 1.69. The molecule has 0 spiro atoms. The molecule has 1 saturated carbocycles. The number of carboxylic acid groups (broad SMARTS) is 1. The van der Waals surface area contributed by atoms with E-state index >= 15 is 0 Å². The van der Waals surface area contributed by atoms with E-state index in [4.69, 9.17) is 0 Å². The maximum absolute atomic E-state index is 12.5. The minimum absolute atomic E-state index is 0.110. The zero-order valence-electron chi connectivity index (χ0n) is 13.3. The molecule has 0 saturated heterocycles. The van der Waals surface area contributed by atoms with Gasteiger partial charge in [-0.05, 0) is 18.8 Å². The standard InChI is InChI=1S/C15H24N4O3/c1-4-10(2)13(14(20)21)17-15(22)19(12-5-6-12)9-11-7-16-18(3)8-11/h7-8,10,12-13H,4-6,9H2,1-3H3,(H,17,22)(H,20,21)/t10-,13-/m0/s1. The highest BCUT2D eigenvalue weighted by Crippen LogP contribution is 2.28. The van der Waals surface area contributed by atoms with E-state index in [1.165, 1.54) is 0 Å². The molecule has 122 valence electrons. The molecule has 2 rings (SSSR count). The Labute approximate surface area is 130 Å². The van der Waals surface area contributed by atoms with Crippen molar-refractivity contribution in [3.05, 3.63) is 18.0 Å². The third-order valence-corrected chi connectivity index (χ3v) is 4.12. The highest BCUT2D eigenvalue weighted by atomic mass is 16.4. The van der Waals surface area contributed by atoms with E-state index in [9.17, 15) is 14.7 Å². The zero-order chi connectivity index (χ0) is 16.3. The van der Waals surface area contributed by atoms with Gasteiger partial charge in [0.05, 0.1) is 12.7 Å². The average Bonchev–Trinajstić information content (AvgIpc) is 3.23. The minimum Gasteiger partial charge on any atom is -0.480 e. The van der Waals surface area contributed by atoms with E-state index in [0.29, 0.717) is 13.0 Å². The van der Waals surface area contributed by atoms with Crippen molar-refractivity contribution in [1.82, 2.24) is 20.0 Å². The Bertz CT molecular complexity index is 539. The van der Waals surface area contributed by atoms with Crippen molar-refractivity contribution in [3.8, 4) is 0 Å². The largest absolute Gasteiger partial charge is 0.480 e. The Kier molecular flexibility index (Phi) is 5.05. The quantitative estimate of drug-likeness (QED) is 0.801. The summed E-state index contributed by atoms with van der Waals surface area (Å²) in [6.45, 7) is 4.21. The first-order chi connectivity index (χ1) is 10.4. The summed E-state index contributed by atoms with van der Waals surface area (Å²) in [6.07, 6.45) is 6.23. The number of urea groups is 1. The van der Waals surface area contributed by atoms with Crippen LogP contribution in [0.2, 0.25) is 0 Å². The smallest absolute Gasteiger partial charge is 0.326 e. The number of carbonyl (C=O) groups is 2. The first kappa shape index (κ1) is 16.3. The molecular formula is C15H24N4O3. The molecule has 22 heavy (non-hydrogen) atoms. The van der Waals surface area contributed by atoms with Crippen LogP contribution in [0.25, 0.3) is 0 Å². The second-order valence-electron chi connectivity index (χ2n) is 6.03. The van der Waals surface area contributed by atoms with Gasteiger partial charge in [0.15, 0.2) is 0 Å². The predicted octanol–water partition coefficient (Wildman–Crippen LogP) is 1.59. The van der Waals surface area contributed by atoms with Crippen molar-refractivity contribution < 1.29 is 14.7 Å². The molecule has 1 aromatic rings. The number of amides is 2. The molecule has 1 aliphatic carbocycles. The zero-order valence-corrected chi connectivity index (χ0v) is 13.3. The highest BCUT2D eigenvalue weighted by Gasteiger charge is 2.35. The highest BCUT2D eigenvalue weighted by molar-refractivity contribution is 5.83. The van der Waals surface area contributed by atoms with Crippen LogP contribution in [-0.4, -0.2) is 43.9 Å². The molecule has 0 bridgehead atoms. The van der Waals surface area contributed by atoms with Crippen molar-refractivity contribution in [3.63, 3.8) is 0 Å². The molecule has 1 fully saturated rings. The van der Waals surface area contributed by atoms with E-state index in [1.54, 1.807) is 15.8 Å². The molecule has 0 aliphatic heterocycles. The number of hydrogen-bond donors (Lipinski definition) is 2. The van der Waals surface area contributed by atoms with Crippen LogP contribution in [0, 0.1) is 5.92 Å². The molecule has 2 amide bonds. The lowest BCUT2D eigenvalue weighted by Crippen LogP contribution is -2.50. The number of aliphatic carboxylic acids is 1. The fourth-order valence-corrected chi connectivity index (χ4v) is 2.40. The number of nitrogens with one attached hydrogen (secondary N) is 1. The molecule has 2 atom stereocenters. The van der Waals surface area contributed by atoms with E-state index < -0.39 is 12.0 Å². The topological polar surface area (TPSA) is 87.5 Å². The molecule has 7 nitrogen and oxygen atoms in total. The monoisotopic (exact) mass is 308 g/mol. The van der Waals surface area contributed by atoms with Gasteiger partial charge in [0, 0.05) is 24.8 Å². The van der Waals surface area contributed by atoms with Crippen LogP contribution >= 0.6 is 0 Å².